The van der Waals surface area contributed by atoms with E-state index in [1.165, 1.54) is 0 Å². The molecule has 1 aliphatic rings. The van der Waals surface area contributed by atoms with Crippen LogP contribution in [0.4, 0.5) is 0 Å². The standard InChI is InChI=1S/C11H19NO6S/c1-2-18-11(15)8-3-5-9(6-4-8)12-19(16,17)7-10(13)14/h8-9,12H,2-7H2,1H3,(H,13,14). The Labute approximate surface area is 112 Å². The van der Waals surface area contributed by atoms with Gasteiger partial charge in [-0.1, -0.05) is 0 Å². The summed E-state index contributed by atoms with van der Waals surface area (Å²) in [5.41, 5.74) is 0. The summed E-state index contributed by atoms with van der Waals surface area (Å²) in [5, 5.41) is 8.47. The molecule has 0 aromatic heterocycles. The van der Waals surface area contributed by atoms with Crippen molar-refractivity contribution >= 4 is 22.0 Å². The first-order valence-corrected chi connectivity index (χ1v) is 7.87. The van der Waals surface area contributed by atoms with E-state index in [4.69, 9.17) is 9.84 Å². The van der Waals surface area contributed by atoms with E-state index >= 15 is 0 Å². The lowest BCUT2D eigenvalue weighted by atomic mass is 9.86. The third-order valence-corrected chi connectivity index (χ3v) is 4.33. The minimum atomic E-state index is -3.79. The summed E-state index contributed by atoms with van der Waals surface area (Å²) in [6, 6.07) is -0.296. The van der Waals surface area contributed by atoms with Gasteiger partial charge in [-0.2, -0.15) is 0 Å². The Bertz CT molecular complexity index is 424. The van der Waals surface area contributed by atoms with Gasteiger partial charge in [-0.25, -0.2) is 13.1 Å². The van der Waals surface area contributed by atoms with E-state index in [0.29, 0.717) is 32.3 Å². The van der Waals surface area contributed by atoms with Crippen LogP contribution in [0.2, 0.25) is 0 Å². The van der Waals surface area contributed by atoms with Crippen LogP contribution in [0.25, 0.3) is 0 Å². The molecule has 110 valence electrons. The Hall–Kier alpha value is -1.15. The summed E-state index contributed by atoms with van der Waals surface area (Å²) in [6.07, 6.45) is 2.14. The van der Waals surface area contributed by atoms with Crippen molar-refractivity contribution in [2.45, 2.75) is 38.6 Å². The van der Waals surface area contributed by atoms with Crippen molar-refractivity contribution in [3.63, 3.8) is 0 Å². The van der Waals surface area contributed by atoms with Crippen molar-refractivity contribution < 1.29 is 27.9 Å². The van der Waals surface area contributed by atoms with E-state index in [2.05, 4.69) is 4.72 Å². The Morgan fingerprint density at radius 2 is 1.84 bits per heavy atom. The predicted molar refractivity (Wildman–Crippen MR) is 66.9 cm³/mol. The first-order chi connectivity index (χ1) is 8.84. The highest BCUT2D eigenvalue weighted by Crippen LogP contribution is 2.25. The number of carboxylic acid groups (broad SMARTS) is 1. The molecule has 1 saturated carbocycles. The number of hydrogen-bond acceptors (Lipinski definition) is 5. The number of esters is 1. The Morgan fingerprint density at radius 1 is 1.26 bits per heavy atom. The zero-order valence-corrected chi connectivity index (χ0v) is 11.6. The maximum absolute atomic E-state index is 11.5. The smallest absolute Gasteiger partial charge is 0.320 e. The fourth-order valence-electron chi connectivity index (χ4n) is 2.17. The minimum absolute atomic E-state index is 0.180. The van der Waals surface area contributed by atoms with Gasteiger partial charge in [0.15, 0.2) is 5.75 Å². The zero-order chi connectivity index (χ0) is 14.5. The molecule has 1 rings (SSSR count). The molecule has 0 heterocycles. The number of carbonyl (C=O) groups is 2. The zero-order valence-electron chi connectivity index (χ0n) is 10.8. The number of nitrogens with one attached hydrogen (secondary N) is 1. The number of carbonyl (C=O) groups excluding carboxylic acids is 1. The normalized spacial score (nSPS) is 23.8. The first-order valence-electron chi connectivity index (χ1n) is 6.22. The average Bonchev–Trinajstić information content (AvgIpc) is 2.27. The number of hydrogen-bond donors (Lipinski definition) is 2. The van der Waals surface area contributed by atoms with Crippen molar-refractivity contribution in [3.05, 3.63) is 0 Å². The summed E-state index contributed by atoms with van der Waals surface area (Å²) < 4.78 is 30.2. The Morgan fingerprint density at radius 3 is 2.32 bits per heavy atom. The van der Waals surface area contributed by atoms with Crippen molar-refractivity contribution in [1.29, 1.82) is 0 Å². The fraction of sp³-hybridized carbons (Fsp3) is 0.818. The van der Waals surface area contributed by atoms with E-state index in [9.17, 15) is 18.0 Å². The molecule has 0 saturated heterocycles. The van der Waals surface area contributed by atoms with Crippen molar-refractivity contribution in [3.8, 4) is 0 Å². The van der Waals surface area contributed by atoms with Crippen LogP contribution >= 0.6 is 0 Å². The molecule has 0 aromatic rings. The van der Waals surface area contributed by atoms with E-state index in [-0.39, 0.29) is 17.9 Å². The molecule has 0 bridgehead atoms. The molecule has 0 aliphatic heterocycles. The fourth-order valence-corrected chi connectivity index (χ4v) is 3.32. The number of carboxylic acids is 1. The molecular weight excluding hydrogens is 274 g/mol. The van der Waals surface area contributed by atoms with Gasteiger partial charge in [-0.15, -0.1) is 0 Å². The molecule has 7 nitrogen and oxygen atoms in total. The van der Waals surface area contributed by atoms with E-state index in [0.717, 1.165) is 0 Å². The van der Waals surface area contributed by atoms with Gasteiger partial charge >= 0.3 is 11.9 Å². The van der Waals surface area contributed by atoms with Gasteiger partial charge in [-0.3, -0.25) is 9.59 Å². The average molecular weight is 293 g/mol. The largest absolute Gasteiger partial charge is 0.480 e. The summed E-state index contributed by atoms with van der Waals surface area (Å²) in [7, 11) is -3.79. The van der Waals surface area contributed by atoms with Crippen LogP contribution in [0.5, 0.6) is 0 Å². The van der Waals surface area contributed by atoms with Crippen LogP contribution in [0.3, 0.4) is 0 Å². The van der Waals surface area contributed by atoms with E-state index < -0.39 is 21.7 Å². The lowest BCUT2D eigenvalue weighted by Gasteiger charge is -2.27. The third kappa shape index (κ3) is 5.56. The van der Waals surface area contributed by atoms with Crippen LogP contribution in [-0.2, 0) is 24.3 Å². The van der Waals surface area contributed by atoms with Crippen LogP contribution < -0.4 is 4.72 Å². The summed E-state index contributed by atoms with van der Waals surface area (Å²) in [5.74, 6) is -2.73. The van der Waals surface area contributed by atoms with Crippen LogP contribution in [0.1, 0.15) is 32.6 Å². The number of rotatable bonds is 6. The van der Waals surface area contributed by atoms with Gasteiger partial charge in [0.25, 0.3) is 0 Å². The minimum Gasteiger partial charge on any atom is -0.480 e. The summed E-state index contributed by atoms with van der Waals surface area (Å²) >= 11 is 0. The SMILES string of the molecule is CCOC(=O)C1CCC(NS(=O)(=O)CC(=O)O)CC1. The lowest BCUT2D eigenvalue weighted by molar-refractivity contribution is -0.149. The van der Waals surface area contributed by atoms with Crippen LogP contribution in [0, 0.1) is 5.92 Å². The number of ether oxygens (including phenoxy) is 1. The highest BCUT2D eigenvalue weighted by atomic mass is 32.2. The molecule has 0 amide bonds. The van der Waals surface area contributed by atoms with Gasteiger partial charge in [-0.05, 0) is 32.6 Å². The maximum atomic E-state index is 11.5. The van der Waals surface area contributed by atoms with Gasteiger partial charge in [0.05, 0.1) is 12.5 Å². The molecule has 0 atom stereocenters. The van der Waals surface area contributed by atoms with Gasteiger partial charge in [0, 0.05) is 6.04 Å². The second kappa shape index (κ2) is 6.85. The summed E-state index contributed by atoms with van der Waals surface area (Å²) in [4.78, 5) is 21.9. The second-order valence-corrected chi connectivity index (χ2v) is 6.33. The number of sulfonamides is 1. The van der Waals surface area contributed by atoms with Gasteiger partial charge < -0.3 is 9.84 Å². The predicted octanol–water partition coefficient (Wildman–Crippen LogP) is 0.112. The molecule has 0 unspecified atom stereocenters. The highest BCUT2D eigenvalue weighted by molar-refractivity contribution is 7.90. The molecule has 0 aromatic carbocycles. The highest BCUT2D eigenvalue weighted by Gasteiger charge is 2.29. The quantitative estimate of drug-likeness (QED) is 0.673. The Kier molecular flexibility index (Phi) is 5.74. The molecule has 19 heavy (non-hydrogen) atoms. The molecule has 0 spiro atoms. The van der Waals surface area contributed by atoms with E-state index in [1.54, 1.807) is 6.92 Å². The maximum Gasteiger partial charge on any atom is 0.320 e. The molecule has 0 radical (unpaired) electrons. The summed E-state index contributed by atoms with van der Waals surface area (Å²) in [6.45, 7) is 2.08. The van der Waals surface area contributed by atoms with Crippen molar-refractivity contribution in [2.24, 2.45) is 5.92 Å². The topological polar surface area (TPSA) is 110 Å². The third-order valence-electron chi connectivity index (χ3n) is 3.01. The Balaban J connectivity index is 2.42. The first kappa shape index (κ1) is 15.9. The number of aliphatic carboxylic acids is 1. The molecule has 8 heteroatoms. The molecule has 2 N–H and O–H groups in total. The van der Waals surface area contributed by atoms with Gasteiger partial charge in [0.2, 0.25) is 10.0 Å². The van der Waals surface area contributed by atoms with Crippen molar-refractivity contribution in [1.82, 2.24) is 4.72 Å². The van der Waals surface area contributed by atoms with Crippen LogP contribution in [0.15, 0.2) is 0 Å². The van der Waals surface area contributed by atoms with Crippen LogP contribution in [-0.4, -0.2) is 43.9 Å². The van der Waals surface area contributed by atoms with Crippen molar-refractivity contribution in [2.75, 3.05) is 12.4 Å². The molecular formula is C11H19NO6S. The van der Waals surface area contributed by atoms with E-state index in [1.807, 2.05) is 0 Å². The van der Waals surface area contributed by atoms with Gasteiger partial charge in [0.1, 0.15) is 0 Å². The molecule has 1 aliphatic carbocycles. The lowest BCUT2D eigenvalue weighted by Crippen LogP contribution is -2.41. The monoisotopic (exact) mass is 293 g/mol. The molecule has 1 fully saturated rings. The second-order valence-electron chi connectivity index (χ2n) is 4.57.